The number of phenolic OH excluding ortho intramolecular Hbond substituents is 1. The van der Waals surface area contributed by atoms with Crippen molar-refractivity contribution in [2.75, 3.05) is 20.3 Å². The Morgan fingerprint density at radius 2 is 1.73 bits per heavy atom. The van der Waals surface area contributed by atoms with E-state index in [1.54, 1.807) is 39.8 Å². The molecule has 0 aliphatic rings. The van der Waals surface area contributed by atoms with Crippen molar-refractivity contribution < 1.29 is 33.7 Å². The number of phenols is 1. The molecule has 0 spiro atoms. The zero-order valence-corrected chi connectivity index (χ0v) is 18.2. The van der Waals surface area contributed by atoms with Crippen molar-refractivity contribution in [3.05, 3.63) is 59.7 Å². The molecule has 1 N–H and O–H groups in total. The summed E-state index contributed by atoms with van der Waals surface area (Å²) in [4.78, 5) is 36.8. The Labute approximate surface area is 188 Å². The van der Waals surface area contributed by atoms with Crippen molar-refractivity contribution in [2.24, 2.45) is 0 Å². The second-order valence-corrected chi connectivity index (χ2v) is 7.52. The molecule has 0 radical (unpaired) electrons. The first kappa shape index (κ1) is 22.0. The highest BCUT2D eigenvalue weighted by Crippen LogP contribution is 2.32. The number of carbonyl (C=O) groups is 3. The van der Waals surface area contributed by atoms with Gasteiger partial charge in [0.2, 0.25) is 0 Å². The number of aryl methyl sites for hydroxylation is 1. The van der Waals surface area contributed by atoms with E-state index in [1.807, 2.05) is 10.7 Å². The summed E-state index contributed by atoms with van der Waals surface area (Å²) in [5.74, 6) is -1.29. The topological polar surface area (TPSA) is 113 Å². The number of nitrogens with zero attached hydrogens (tertiary/aromatic N) is 3. The Kier molecular flexibility index (Phi) is 5.82. The number of methoxy groups -OCH3 is 1. The van der Waals surface area contributed by atoms with Crippen molar-refractivity contribution in [2.45, 2.75) is 19.8 Å². The molecule has 4 rings (SSSR count). The molecule has 10 heteroatoms. The molecule has 0 saturated carbocycles. The number of aromatic hydroxyl groups is 1. The molecule has 0 fully saturated rings. The summed E-state index contributed by atoms with van der Waals surface area (Å²) >= 11 is 0. The van der Waals surface area contributed by atoms with Gasteiger partial charge in [-0.2, -0.15) is 0 Å². The minimum Gasteiger partial charge on any atom is -0.506 e. The van der Waals surface area contributed by atoms with Crippen LogP contribution in [0.25, 0.3) is 16.7 Å². The SMILES string of the molecule is C=C(C)C(=O)OCCOC(=O)CCc1ccc(O)c(-n2n3c4ccc(C(=O)OC)cc4n23)c1. The van der Waals surface area contributed by atoms with Gasteiger partial charge in [-0.05, 0) is 49.2 Å². The van der Waals surface area contributed by atoms with Gasteiger partial charge in [0.05, 0.1) is 12.7 Å². The van der Waals surface area contributed by atoms with Crippen molar-refractivity contribution in [3.8, 4) is 11.4 Å². The van der Waals surface area contributed by atoms with Crippen molar-refractivity contribution in [1.82, 2.24) is 14.1 Å². The average molecular weight is 453 g/mol. The maximum absolute atomic E-state index is 12.0. The van der Waals surface area contributed by atoms with Gasteiger partial charge < -0.3 is 19.3 Å². The summed E-state index contributed by atoms with van der Waals surface area (Å²) in [6, 6.07) is 10.3. The van der Waals surface area contributed by atoms with E-state index in [-0.39, 0.29) is 31.0 Å². The second-order valence-electron chi connectivity index (χ2n) is 7.52. The highest BCUT2D eigenvalue weighted by molar-refractivity contribution is 5.94. The van der Waals surface area contributed by atoms with E-state index in [9.17, 15) is 19.5 Å². The first-order valence-electron chi connectivity index (χ1n) is 10.2. The normalized spacial score (nSPS) is 11.2. The third-order valence-electron chi connectivity index (χ3n) is 5.14. The lowest BCUT2D eigenvalue weighted by atomic mass is 10.1. The lowest BCUT2D eigenvalue weighted by Gasteiger charge is -2.07. The summed E-state index contributed by atoms with van der Waals surface area (Å²) in [5, 5.41) is 10.4. The molecule has 2 aromatic carbocycles. The third kappa shape index (κ3) is 4.27. The fourth-order valence-electron chi connectivity index (χ4n) is 3.41. The summed E-state index contributed by atoms with van der Waals surface area (Å²) < 4.78 is 18.4. The Morgan fingerprint density at radius 1 is 1.00 bits per heavy atom. The van der Waals surface area contributed by atoms with Crippen LogP contribution in [0.5, 0.6) is 5.75 Å². The predicted molar refractivity (Wildman–Crippen MR) is 117 cm³/mol. The number of hydrogen-bond donors (Lipinski definition) is 1. The van der Waals surface area contributed by atoms with E-state index in [0.717, 1.165) is 16.6 Å². The Bertz CT molecular complexity index is 1360. The van der Waals surface area contributed by atoms with E-state index < -0.39 is 17.9 Å². The maximum atomic E-state index is 12.0. The Morgan fingerprint density at radius 3 is 2.45 bits per heavy atom. The molecule has 0 saturated heterocycles. The highest BCUT2D eigenvalue weighted by atomic mass is 16.6. The van der Waals surface area contributed by atoms with Gasteiger partial charge in [-0.1, -0.05) is 12.6 Å². The van der Waals surface area contributed by atoms with E-state index in [2.05, 4.69) is 6.58 Å². The zero-order valence-electron chi connectivity index (χ0n) is 18.2. The van der Waals surface area contributed by atoms with Crippen molar-refractivity contribution >= 4 is 28.9 Å². The molecular weight excluding hydrogens is 430 g/mol. The molecule has 33 heavy (non-hydrogen) atoms. The van der Waals surface area contributed by atoms with Gasteiger partial charge in [-0.15, -0.1) is 14.1 Å². The molecule has 4 aromatic rings. The Hall–Kier alpha value is -4.21. The van der Waals surface area contributed by atoms with E-state index in [0.29, 0.717) is 17.7 Å². The number of benzene rings is 2. The van der Waals surface area contributed by atoms with Crippen LogP contribution in [-0.2, 0) is 30.2 Å². The standard InChI is InChI=1S/C23H23N3O7/c1-14(2)22(29)33-11-10-32-21(28)9-5-15-4-8-20(27)19(12-15)26-24-17-7-6-16(23(30)31-3)13-18(17)25(24)26/h4,6-8,12-13,27H,1,5,9-11H2,2-3H3. The quantitative estimate of drug-likeness (QED) is 0.179. The molecule has 2 aromatic heterocycles. The third-order valence-corrected chi connectivity index (χ3v) is 5.14. The van der Waals surface area contributed by atoms with E-state index in [1.165, 1.54) is 14.0 Å². The van der Waals surface area contributed by atoms with Crippen LogP contribution in [0.2, 0.25) is 0 Å². The van der Waals surface area contributed by atoms with Crippen molar-refractivity contribution in [3.63, 3.8) is 0 Å². The van der Waals surface area contributed by atoms with Gasteiger partial charge in [0, 0.05) is 12.0 Å². The lowest BCUT2D eigenvalue weighted by molar-refractivity contribution is -0.150. The predicted octanol–water partition coefficient (Wildman–Crippen LogP) is 2.51. The molecule has 2 heterocycles. The molecule has 0 aliphatic heterocycles. The maximum Gasteiger partial charge on any atom is 0.337 e. The molecule has 10 nitrogen and oxygen atoms in total. The van der Waals surface area contributed by atoms with Crippen LogP contribution in [0.15, 0.2) is 48.6 Å². The molecule has 0 amide bonds. The molecular formula is C23H23N3O7. The molecule has 0 aliphatic carbocycles. The first-order valence-corrected chi connectivity index (χ1v) is 10.2. The van der Waals surface area contributed by atoms with Crippen LogP contribution in [0.4, 0.5) is 0 Å². The fourth-order valence-corrected chi connectivity index (χ4v) is 3.41. The zero-order chi connectivity index (χ0) is 23.7. The number of fused-ring (bicyclic) bond motifs is 4. The van der Waals surface area contributed by atoms with Crippen molar-refractivity contribution in [1.29, 1.82) is 0 Å². The van der Waals surface area contributed by atoms with Gasteiger partial charge >= 0.3 is 17.9 Å². The van der Waals surface area contributed by atoms with Crippen LogP contribution in [0.1, 0.15) is 29.3 Å². The van der Waals surface area contributed by atoms with Crippen LogP contribution in [0, 0.1) is 0 Å². The van der Waals surface area contributed by atoms with Gasteiger partial charge in [0.15, 0.2) is 0 Å². The minimum absolute atomic E-state index is 0.0256. The molecule has 172 valence electrons. The number of rotatable bonds is 9. The van der Waals surface area contributed by atoms with Gasteiger partial charge in [-0.3, -0.25) is 4.79 Å². The van der Waals surface area contributed by atoms with Crippen LogP contribution in [-0.4, -0.2) is 57.4 Å². The number of esters is 3. The Balaban J connectivity index is 1.39. The summed E-state index contributed by atoms with van der Waals surface area (Å²) in [6.07, 6.45) is 0.541. The number of ether oxygens (including phenoxy) is 3. The van der Waals surface area contributed by atoms with Gasteiger partial charge in [0.1, 0.15) is 35.7 Å². The van der Waals surface area contributed by atoms with Crippen LogP contribution < -0.4 is 0 Å². The number of carbonyl (C=O) groups excluding carboxylic acids is 3. The number of aromatic nitrogens is 3. The van der Waals surface area contributed by atoms with E-state index in [4.69, 9.17) is 14.2 Å². The van der Waals surface area contributed by atoms with Crippen LogP contribution >= 0.6 is 0 Å². The number of hydrogen-bond acceptors (Lipinski definition) is 7. The molecule has 0 unspecified atom stereocenters. The largest absolute Gasteiger partial charge is 0.506 e. The fraction of sp³-hybridized carbons (Fsp3) is 0.261. The lowest BCUT2D eigenvalue weighted by Crippen LogP contribution is -2.14. The van der Waals surface area contributed by atoms with Gasteiger partial charge in [0.25, 0.3) is 0 Å². The highest BCUT2D eigenvalue weighted by Gasteiger charge is 2.26. The molecule has 0 bridgehead atoms. The second kappa shape index (κ2) is 8.73. The molecule has 0 atom stereocenters. The average Bonchev–Trinajstić information content (AvgIpc) is 3.47. The minimum atomic E-state index is -0.526. The van der Waals surface area contributed by atoms with Gasteiger partial charge in [-0.25, -0.2) is 9.59 Å². The summed E-state index contributed by atoms with van der Waals surface area (Å²) in [7, 11) is 1.33. The summed E-state index contributed by atoms with van der Waals surface area (Å²) in [6.45, 7) is 4.96. The first-order chi connectivity index (χ1) is 15.8. The summed E-state index contributed by atoms with van der Waals surface area (Å²) in [5.41, 5.74) is 3.81. The monoisotopic (exact) mass is 453 g/mol. The van der Waals surface area contributed by atoms with Crippen LogP contribution in [0.3, 0.4) is 0 Å². The smallest absolute Gasteiger partial charge is 0.337 e. The van der Waals surface area contributed by atoms with E-state index >= 15 is 0 Å².